The highest BCUT2D eigenvalue weighted by Gasteiger charge is 2.41. The molecule has 1 unspecified atom stereocenters. The summed E-state index contributed by atoms with van der Waals surface area (Å²) in [4.78, 5) is 5.56. The van der Waals surface area contributed by atoms with Crippen molar-refractivity contribution in [3.63, 3.8) is 0 Å². The van der Waals surface area contributed by atoms with Crippen LogP contribution in [-0.2, 0) is 4.43 Å². The lowest BCUT2D eigenvalue weighted by Crippen LogP contribution is -2.45. The van der Waals surface area contributed by atoms with Gasteiger partial charge in [-0.15, -0.1) is 0 Å². The van der Waals surface area contributed by atoms with Gasteiger partial charge in [-0.05, 0) is 67.3 Å². The first-order chi connectivity index (χ1) is 13.7. The Morgan fingerprint density at radius 1 is 1.17 bits per heavy atom. The summed E-state index contributed by atoms with van der Waals surface area (Å²) >= 11 is 0. The number of likely N-dealkylation sites (tertiary alicyclic amines) is 1. The number of nitrogens with zero attached hydrogens (tertiary/aromatic N) is 4. The van der Waals surface area contributed by atoms with Gasteiger partial charge in [-0.2, -0.15) is 0 Å². The van der Waals surface area contributed by atoms with Crippen molar-refractivity contribution in [2.45, 2.75) is 63.9 Å². The Morgan fingerprint density at radius 3 is 2.45 bits per heavy atom. The molecule has 0 spiro atoms. The van der Waals surface area contributed by atoms with E-state index in [-0.39, 0.29) is 17.2 Å². The smallest absolute Gasteiger partial charge is 0.192 e. The number of hydrogen-bond donors (Lipinski definition) is 0. The van der Waals surface area contributed by atoms with Crippen molar-refractivity contribution < 1.29 is 13.9 Å². The Hall–Kier alpha value is -1.73. The molecule has 2 aliphatic rings. The summed E-state index contributed by atoms with van der Waals surface area (Å²) in [6.07, 6.45) is 2.07. The predicted molar refractivity (Wildman–Crippen MR) is 117 cm³/mol. The molecular formula is C21H34N4O3Si. The lowest BCUT2D eigenvalue weighted by Gasteiger charge is -2.41. The largest absolute Gasteiger partial charge is 0.486 e. The van der Waals surface area contributed by atoms with Crippen molar-refractivity contribution >= 4 is 8.32 Å². The summed E-state index contributed by atoms with van der Waals surface area (Å²) in [5, 5.41) is 4.26. The van der Waals surface area contributed by atoms with E-state index in [0.717, 1.165) is 30.2 Å². The fourth-order valence-electron chi connectivity index (χ4n) is 3.59. The van der Waals surface area contributed by atoms with E-state index in [1.54, 1.807) is 0 Å². The van der Waals surface area contributed by atoms with E-state index in [0.29, 0.717) is 19.8 Å². The highest BCUT2D eigenvalue weighted by Crippen LogP contribution is 2.42. The van der Waals surface area contributed by atoms with Gasteiger partial charge in [0.25, 0.3) is 0 Å². The molecule has 3 rings (SSSR count). The Bertz CT molecular complexity index is 753. The molecule has 7 nitrogen and oxygen atoms in total. The molecule has 0 aromatic heterocycles. The monoisotopic (exact) mass is 418 g/mol. The molecule has 29 heavy (non-hydrogen) atoms. The van der Waals surface area contributed by atoms with Gasteiger partial charge in [0.1, 0.15) is 13.2 Å². The average molecular weight is 419 g/mol. The Labute approximate surface area is 175 Å². The molecule has 1 aromatic carbocycles. The van der Waals surface area contributed by atoms with Crippen molar-refractivity contribution in [2.24, 2.45) is 5.11 Å². The van der Waals surface area contributed by atoms with Crippen molar-refractivity contribution in [1.82, 2.24) is 4.90 Å². The van der Waals surface area contributed by atoms with E-state index >= 15 is 0 Å². The number of benzene rings is 1. The number of azide groups is 1. The number of rotatable bonds is 7. The van der Waals surface area contributed by atoms with E-state index in [4.69, 9.17) is 13.9 Å². The van der Waals surface area contributed by atoms with Crippen LogP contribution in [0, 0.1) is 0 Å². The van der Waals surface area contributed by atoms with Gasteiger partial charge in [-0.1, -0.05) is 32.0 Å². The third-order valence-electron chi connectivity index (χ3n) is 6.32. The maximum absolute atomic E-state index is 9.31. The Balaban J connectivity index is 1.96. The summed E-state index contributed by atoms with van der Waals surface area (Å²) in [7, 11) is -2.11. The highest BCUT2D eigenvalue weighted by molar-refractivity contribution is 6.74. The first-order valence-electron chi connectivity index (χ1n) is 10.6. The van der Waals surface area contributed by atoms with E-state index in [1.807, 2.05) is 18.2 Å². The first-order valence-corrected chi connectivity index (χ1v) is 13.5. The summed E-state index contributed by atoms with van der Waals surface area (Å²) in [6.45, 7) is 15.1. The van der Waals surface area contributed by atoms with Gasteiger partial charge < -0.3 is 18.8 Å². The Kier molecular flexibility index (Phi) is 6.78. The number of hydrogen-bond acceptors (Lipinski definition) is 5. The summed E-state index contributed by atoms with van der Waals surface area (Å²) in [6, 6.07) is 5.66. The minimum atomic E-state index is -2.11. The van der Waals surface area contributed by atoms with Crippen LogP contribution in [0.3, 0.4) is 0 Å². The fraction of sp³-hybridized carbons (Fsp3) is 0.714. The van der Waals surface area contributed by atoms with Crippen LogP contribution >= 0.6 is 0 Å². The number of ether oxygens (including phenoxy) is 2. The normalized spacial score (nSPS) is 19.5. The van der Waals surface area contributed by atoms with E-state index in [2.05, 4.69) is 48.8 Å². The zero-order valence-electron chi connectivity index (χ0n) is 18.4. The van der Waals surface area contributed by atoms with Crippen LogP contribution in [0.1, 0.15) is 45.3 Å². The minimum Gasteiger partial charge on any atom is -0.486 e. The van der Waals surface area contributed by atoms with E-state index in [9.17, 15) is 5.53 Å². The van der Waals surface area contributed by atoms with Crippen LogP contribution in [0.5, 0.6) is 11.5 Å². The Morgan fingerprint density at radius 2 is 1.83 bits per heavy atom. The highest BCUT2D eigenvalue weighted by atomic mass is 28.4. The lowest BCUT2D eigenvalue weighted by molar-refractivity contribution is 0.131. The quantitative estimate of drug-likeness (QED) is 0.261. The zero-order valence-corrected chi connectivity index (χ0v) is 19.4. The third-order valence-corrected chi connectivity index (χ3v) is 10.8. The summed E-state index contributed by atoms with van der Waals surface area (Å²) in [5.74, 6) is 1.49. The van der Waals surface area contributed by atoms with Crippen molar-refractivity contribution in [3.8, 4) is 11.5 Å². The van der Waals surface area contributed by atoms with Gasteiger partial charge in [0.2, 0.25) is 0 Å². The summed E-state index contributed by atoms with van der Waals surface area (Å²) < 4.78 is 18.3. The first kappa shape index (κ1) is 22.0. The molecule has 0 saturated carbocycles. The molecular weight excluding hydrogens is 384 g/mol. The van der Waals surface area contributed by atoms with Gasteiger partial charge in [0, 0.05) is 11.5 Å². The van der Waals surface area contributed by atoms with Gasteiger partial charge in [-0.3, -0.25) is 0 Å². The molecule has 0 amide bonds. The molecule has 1 fully saturated rings. The van der Waals surface area contributed by atoms with E-state index < -0.39 is 8.32 Å². The van der Waals surface area contributed by atoms with Gasteiger partial charge in [-0.25, -0.2) is 0 Å². The maximum atomic E-state index is 9.31. The molecule has 2 aliphatic heterocycles. The van der Waals surface area contributed by atoms with Crippen LogP contribution < -0.4 is 9.47 Å². The lowest BCUT2D eigenvalue weighted by atomic mass is 10.0. The molecule has 1 saturated heterocycles. The molecule has 1 aromatic rings. The molecule has 160 valence electrons. The zero-order chi connectivity index (χ0) is 21.1. The van der Waals surface area contributed by atoms with Crippen LogP contribution in [0.4, 0.5) is 0 Å². The van der Waals surface area contributed by atoms with Crippen molar-refractivity contribution in [2.75, 3.05) is 32.8 Å². The fourth-order valence-corrected chi connectivity index (χ4v) is 4.87. The van der Waals surface area contributed by atoms with Crippen LogP contribution in [0.2, 0.25) is 18.1 Å². The van der Waals surface area contributed by atoms with Crippen molar-refractivity contribution in [3.05, 3.63) is 34.2 Å². The number of fused-ring (bicyclic) bond motifs is 1. The summed E-state index contributed by atoms with van der Waals surface area (Å²) in [5.41, 5.74) is 10.3. The second-order valence-corrected chi connectivity index (χ2v) is 14.2. The maximum Gasteiger partial charge on any atom is 0.192 e. The molecule has 2 heterocycles. The second-order valence-electron chi connectivity index (χ2n) is 9.48. The van der Waals surface area contributed by atoms with Crippen LogP contribution in [0.15, 0.2) is 23.3 Å². The molecule has 0 bridgehead atoms. The molecule has 2 atom stereocenters. The third kappa shape index (κ3) is 5.25. The van der Waals surface area contributed by atoms with Crippen LogP contribution in [-0.4, -0.2) is 52.1 Å². The van der Waals surface area contributed by atoms with Gasteiger partial charge in [0.05, 0.1) is 12.1 Å². The molecule has 0 aliphatic carbocycles. The topological polar surface area (TPSA) is 79.7 Å². The predicted octanol–water partition coefficient (Wildman–Crippen LogP) is 5.30. The molecule has 0 N–H and O–H groups in total. The standard InChI is InChI=1S/C21H34N4O3Si/c1-21(2,3)29(4,5)28-20(17(23-24-22)15-25-10-6-7-11-25)16-8-9-18-19(14-16)27-13-12-26-18/h8-9,14,17,20H,6-7,10-13,15H2,1-5H3/t17-,20?/m1/s1. The minimum absolute atomic E-state index is 0.0492. The second kappa shape index (κ2) is 8.96. The molecule has 8 heteroatoms. The van der Waals surface area contributed by atoms with Gasteiger partial charge >= 0.3 is 0 Å². The average Bonchev–Trinajstić information content (AvgIpc) is 3.18. The van der Waals surface area contributed by atoms with Gasteiger partial charge in [0.15, 0.2) is 19.8 Å². The van der Waals surface area contributed by atoms with Crippen LogP contribution in [0.25, 0.3) is 10.4 Å². The molecule has 0 radical (unpaired) electrons. The van der Waals surface area contributed by atoms with E-state index in [1.165, 1.54) is 12.8 Å². The SMILES string of the molecule is CC(C)(C)[Si](C)(C)OC(c1ccc2c(c1)OCCO2)[C@@H](CN1CCCC1)N=[N+]=[N-]. The van der Waals surface area contributed by atoms with Crippen molar-refractivity contribution in [1.29, 1.82) is 0 Å².